The minimum Gasteiger partial charge on any atom is -0.376 e. The van der Waals surface area contributed by atoms with Crippen LogP contribution in [-0.2, 0) is 16.6 Å². The molecule has 1 saturated heterocycles. The molecule has 1 aromatic heterocycles. The molecule has 0 aliphatic carbocycles. The zero-order valence-corrected chi connectivity index (χ0v) is 32.5. The molecule has 7 rings (SSSR count). The first-order valence-electron chi connectivity index (χ1n) is 18.0. The summed E-state index contributed by atoms with van der Waals surface area (Å²) in [5.74, 6) is 0.772. The fourth-order valence-electron chi connectivity index (χ4n) is 6.63. The molecular formula is C41H40ClN7O4S2. The summed E-state index contributed by atoms with van der Waals surface area (Å²) in [4.78, 5) is 25.8. The Morgan fingerprint density at radius 2 is 1.64 bits per heavy atom. The molecular weight excluding hydrogens is 754 g/mol. The van der Waals surface area contributed by atoms with Crippen LogP contribution in [0.5, 0.6) is 0 Å². The smallest absolute Gasteiger partial charge is 0.293 e. The van der Waals surface area contributed by atoms with E-state index in [4.69, 9.17) is 11.6 Å². The van der Waals surface area contributed by atoms with E-state index < -0.39 is 14.9 Å². The summed E-state index contributed by atoms with van der Waals surface area (Å²) in [5, 5.41) is 16.6. The van der Waals surface area contributed by atoms with E-state index in [1.807, 2.05) is 67.6 Å². The van der Waals surface area contributed by atoms with E-state index >= 15 is 0 Å². The number of sulfonamides is 1. The molecule has 1 atom stereocenters. The topological polar surface area (TPSA) is 134 Å². The van der Waals surface area contributed by atoms with Crippen molar-refractivity contribution < 1.29 is 13.3 Å². The van der Waals surface area contributed by atoms with E-state index in [2.05, 4.69) is 66.2 Å². The number of nitro groups is 1. The van der Waals surface area contributed by atoms with Gasteiger partial charge in [0, 0.05) is 71.6 Å². The zero-order chi connectivity index (χ0) is 38.4. The third kappa shape index (κ3) is 9.19. The average molecular weight is 794 g/mol. The molecule has 1 aliphatic heterocycles. The van der Waals surface area contributed by atoms with Crippen LogP contribution >= 0.6 is 23.4 Å². The summed E-state index contributed by atoms with van der Waals surface area (Å²) in [6, 6.07) is 35.8. The Hall–Kier alpha value is -5.21. The van der Waals surface area contributed by atoms with Gasteiger partial charge in [-0.1, -0.05) is 73.1 Å². The van der Waals surface area contributed by atoms with E-state index in [1.165, 1.54) is 29.6 Å². The number of halogens is 1. The Labute approximate surface area is 330 Å². The molecule has 1 unspecified atom stereocenters. The van der Waals surface area contributed by atoms with Crippen LogP contribution in [0, 0.1) is 10.1 Å². The van der Waals surface area contributed by atoms with Crippen LogP contribution in [0.1, 0.15) is 18.9 Å². The Kier molecular flexibility index (Phi) is 11.8. The number of nitrogens with one attached hydrogen (secondary N) is 2. The Balaban J connectivity index is 1.01. The number of piperazine rings is 1. The molecule has 0 bridgehead atoms. The maximum atomic E-state index is 13.6. The quantitative estimate of drug-likeness (QED) is 0.0626. The summed E-state index contributed by atoms with van der Waals surface area (Å²) in [5.41, 5.74) is 5.09. The summed E-state index contributed by atoms with van der Waals surface area (Å²) in [6.45, 7) is 6.19. The van der Waals surface area contributed by atoms with Gasteiger partial charge in [-0.2, -0.15) is 0 Å². The third-order valence-corrected chi connectivity index (χ3v) is 12.4. The van der Waals surface area contributed by atoms with Crippen LogP contribution in [0.25, 0.3) is 22.0 Å². The van der Waals surface area contributed by atoms with E-state index in [-0.39, 0.29) is 28.1 Å². The molecule has 1 aliphatic rings. The summed E-state index contributed by atoms with van der Waals surface area (Å²) >= 11 is 7.78. The Bertz CT molecular complexity index is 2400. The number of thioether (sulfide) groups is 1. The van der Waals surface area contributed by atoms with Crippen LogP contribution in [0.15, 0.2) is 131 Å². The van der Waals surface area contributed by atoms with Gasteiger partial charge in [0.1, 0.15) is 12.0 Å². The number of benzene rings is 5. The monoisotopic (exact) mass is 793 g/mol. The van der Waals surface area contributed by atoms with Gasteiger partial charge in [-0.3, -0.25) is 19.7 Å². The van der Waals surface area contributed by atoms with Crippen molar-refractivity contribution >= 4 is 67.2 Å². The van der Waals surface area contributed by atoms with Gasteiger partial charge < -0.3 is 10.2 Å². The fourth-order valence-corrected chi connectivity index (χ4v) is 8.87. The van der Waals surface area contributed by atoms with Gasteiger partial charge in [-0.05, 0) is 77.7 Å². The number of aromatic nitrogens is 2. The van der Waals surface area contributed by atoms with Crippen molar-refractivity contribution in [2.24, 2.45) is 0 Å². The predicted molar refractivity (Wildman–Crippen MR) is 223 cm³/mol. The number of hydrogen-bond donors (Lipinski definition) is 2. The molecule has 0 saturated carbocycles. The average Bonchev–Trinajstić information content (AvgIpc) is 3.20. The number of fused-ring (bicyclic) bond motifs is 1. The van der Waals surface area contributed by atoms with Gasteiger partial charge in [-0.15, -0.1) is 11.8 Å². The molecule has 55 heavy (non-hydrogen) atoms. The number of rotatable bonds is 14. The summed E-state index contributed by atoms with van der Waals surface area (Å²) in [7, 11) is -4.24. The van der Waals surface area contributed by atoms with Crippen molar-refractivity contribution in [3.05, 3.63) is 142 Å². The van der Waals surface area contributed by atoms with Crippen molar-refractivity contribution in [2.75, 3.05) is 46.9 Å². The molecule has 0 spiro atoms. The second kappa shape index (κ2) is 17.1. The molecule has 2 N–H and O–H groups in total. The summed E-state index contributed by atoms with van der Waals surface area (Å²) < 4.78 is 29.8. The molecule has 0 amide bonds. The minimum absolute atomic E-state index is 0.0751. The second-order valence-corrected chi connectivity index (χ2v) is 16.5. The summed E-state index contributed by atoms with van der Waals surface area (Å²) in [6.07, 6.45) is 2.03. The second-order valence-electron chi connectivity index (χ2n) is 13.3. The van der Waals surface area contributed by atoms with Gasteiger partial charge in [0.2, 0.25) is 0 Å². The van der Waals surface area contributed by atoms with Crippen molar-refractivity contribution in [2.45, 2.75) is 35.7 Å². The van der Waals surface area contributed by atoms with Gasteiger partial charge in [0.25, 0.3) is 15.7 Å². The van der Waals surface area contributed by atoms with Crippen LogP contribution in [-0.4, -0.2) is 66.2 Å². The molecule has 5 aromatic carbocycles. The number of nitro benzene ring substituents is 1. The van der Waals surface area contributed by atoms with E-state index in [1.54, 1.807) is 11.8 Å². The molecule has 1 fully saturated rings. The molecule has 0 radical (unpaired) electrons. The maximum absolute atomic E-state index is 13.6. The largest absolute Gasteiger partial charge is 0.376 e. The molecule has 2 heterocycles. The van der Waals surface area contributed by atoms with E-state index in [9.17, 15) is 18.5 Å². The maximum Gasteiger partial charge on any atom is 0.293 e. The highest BCUT2D eigenvalue weighted by Crippen LogP contribution is 2.33. The van der Waals surface area contributed by atoms with Crippen LogP contribution in [0.4, 0.5) is 22.9 Å². The van der Waals surface area contributed by atoms with Crippen molar-refractivity contribution in [1.29, 1.82) is 0 Å². The predicted octanol–water partition coefficient (Wildman–Crippen LogP) is 8.96. The lowest BCUT2D eigenvalue weighted by molar-refractivity contribution is -0.384. The molecule has 282 valence electrons. The van der Waals surface area contributed by atoms with Crippen LogP contribution in [0.3, 0.4) is 0 Å². The minimum atomic E-state index is -4.24. The van der Waals surface area contributed by atoms with Gasteiger partial charge in [-0.25, -0.2) is 18.4 Å². The molecule has 11 nitrogen and oxygen atoms in total. The number of anilines is 3. The highest BCUT2D eigenvalue weighted by molar-refractivity contribution is 7.99. The first-order valence-corrected chi connectivity index (χ1v) is 20.8. The Morgan fingerprint density at radius 3 is 2.38 bits per heavy atom. The van der Waals surface area contributed by atoms with E-state index in [0.29, 0.717) is 21.7 Å². The van der Waals surface area contributed by atoms with E-state index in [0.717, 1.165) is 61.4 Å². The van der Waals surface area contributed by atoms with Gasteiger partial charge >= 0.3 is 0 Å². The SMILES string of the molecule is CCC(CSc1ccccc1)Nc1ccc(S(=O)(=O)Nc2ncnc3cc(N4CCN(Cc5ccccc5-c5ccc(Cl)cc5)CC4)ccc23)cc1[N+](=O)[O-]. The highest BCUT2D eigenvalue weighted by atomic mass is 35.5. The van der Waals surface area contributed by atoms with Gasteiger partial charge in [0.15, 0.2) is 5.82 Å². The van der Waals surface area contributed by atoms with Crippen LogP contribution < -0.4 is 14.9 Å². The lowest BCUT2D eigenvalue weighted by Crippen LogP contribution is -2.46. The van der Waals surface area contributed by atoms with Gasteiger partial charge in [0.05, 0.1) is 15.3 Å². The molecule has 6 aromatic rings. The van der Waals surface area contributed by atoms with Crippen molar-refractivity contribution in [3.63, 3.8) is 0 Å². The first kappa shape index (κ1) is 38.1. The first-order chi connectivity index (χ1) is 26.7. The third-order valence-electron chi connectivity index (χ3n) is 9.68. The highest BCUT2D eigenvalue weighted by Gasteiger charge is 2.25. The normalized spacial score (nSPS) is 14.1. The number of nitrogens with zero attached hydrogens (tertiary/aromatic N) is 5. The molecule has 14 heteroatoms. The Morgan fingerprint density at radius 1 is 0.891 bits per heavy atom. The number of hydrogen-bond acceptors (Lipinski definition) is 10. The van der Waals surface area contributed by atoms with Crippen LogP contribution in [0.2, 0.25) is 5.02 Å². The lowest BCUT2D eigenvalue weighted by Gasteiger charge is -2.36. The zero-order valence-electron chi connectivity index (χ0n) is 30.1. The lowest BCUT2D eigenvalue weighted by atomic mass is 9.99. The fraction of sp³-hybridized carbons (Fsp3) is 0.220. The van der Waals surface area contributed by atoms with Crippen molar-refractivity contribution in [3.8, 4) is 11.1 Å². The van der Waals surface area contributed by atoms with Crippen molar-refractivity contribution in [1.82, 2.24) is 14.9 Å². The standard InChI is InChI=1S/C41H40ClN7O4S2/c1-2-32(27-54-34-9-4-3-5-10-34)45-38-19-17-35(25-40(38)49(50)51)55(52,53)46-41-37-18-16-33(24-39(37)43-28-44-41)48-22-20-47(21-23-48)26-30-8-6-7-11-36(30)29-12-14-31(42)15-13-29/h3-19,24-25,28,32,45H,2,20-23,26-27H2,1H3,(H,43,44,46).